The molecule has 4 nitrogen and oxygen atoms in total. The fourth-order valence-electron chi connectivity index (χ4n) is 0.968. The number of hydrogen-bond acceptors (Lipinski definition) is 4. The molecule has 0 spiro atoms. The lowest BCUT2D eigenvalue weighted by Gasteiger charge is -2.29. The lowest BCUT2D eigenvalue weighted by Crippen LogP contribution is -2.44. The normalized spacial score (nSPS) is 22.5. The number of nitrogens with zero attached hydrogens (tertiary/aromatic N) is 2. The molecule has 1 N–H and O–H groups in total. The Morgan fingerprint density at radius 3 is 2.40 bits per heavy atom. The van der Waals surface area contributed by atoms with Gasteiger partial charge in [-0.15, -0.1) is 5.06 Å². The molecule has 1 rings (SSSR count). The molecule has 0 amide bonds. The van der Waals surface area contributed by atoms with Crippen LogP contribution in [0.3, 0.4) is 0 Å². The van der Waals surface area contributed by atoms with Crippen molar-refractivity contribution in [3.63, 3.8) is 0 Å². The Balaban J connectivity index is 2.19. The van der Waals surface area contributed by atoms with Crippen molar-refractivity contribution in [2.45, 2.75) is 0 Å². The lowest BCUT2D eigenvalue weighted by atomic mass is 10.4. The summed E-state index contributed by atoms with van der Waals surface area (Å²) in [6.45, 7) is 3.83. The molecule has 0 aliphatic carbocycles. The van der Waals surface area contributed by atoms with Crippen molar-refractivity contribution < 1.29 is 4.84 Å². The highest BCUT2D eigenvalue weighted by molar-refractivity contribution is 5.40. The molecule has 1 aliphatic rings. The summed E-state index contributed by atoms with van der Waals surface area (Å²) >= 11 is 0. The number of likely N-dealkylation sites (N-methyl/N-ethyl adjacent to an activating group) is 1. The topological polar surface area (TPSA) is 39.6 Å². The van der Waals surface area contributed by atoms with Crippen LogP contribution in [0.2, 0.25) is 0 Å². The van der Waals surface area contributed by atoms with Crippen LogP contribution in [0, 0.1) is 5.41 Å². The van der Waals surface area contributed by atoms with Crippen LogP contribution < -0.4 is 0 Å². The molecule has 0 atom stereocenters. The van der Waals surface area contributed by atoms with E-state index in [0.29, 0.717) is 0 Å². The first-order valence-corrected chi connectivity index (χ1v) is 3.42. The zero-order chi connectivity index (χ0) is 7.40. The van der Waals surface area contributed by atoms with Crippen LogP contribution in [0.1, 0.15) is 0 Å². The summed E-state index contributed by atoms with van der Waals surface area (Å²) in [6, 6.07) is 0. The lowest BCUT2D eigenvalue weighted by molar-refractivity contribution is -0.0926. The van der Waals surface area contributed by atoms with E-state index < -0.39 is 0 Å². The summed E-state index contributed by atoms with van der Waals surface area (Å²) in [6.07, 6.45) is 0.978. The molecule has 0 saturated carbocycles. The van der Waals surface area contributed by atoms with E-state index in [1.807, 2.05) is 0 Å². The number of rotatable bonds is 2. The van der Waals surface area contributed by atoms with Gasteiger partial charge < -0.3 is 9.74 Å². The van der Waals surface area contributed by atoms with Crippen LogP contribution in [0.4, 0.5) is 0 Å². The van der Waals surface area contributed by atoms with Gasteiger partial charge in [0.05, 0.1) is 0 Å². The van der Waals surface area contributed by atoms with Crippen molar-refractivity contribution in [2.24, 2.45) is 0 Å². The third-order valence-corrected chi connectivity index (χ3v) is 1.66. The molecular formula is C6H13N3O. The van der Waals surface area contributed by atoms with Crippen LogP contribution in [0.15, 0.2) is 0 Å². The number of hydrogen-bond donors (Lipinski definition) is 1. The van der Waals surface area contributed by atoms with Gasteiger partial charge in [-0.1, -0.05) is 0 Å². The van der Waals surface area contributed by atoms with Crippen molar-refractivity contribution in [3.8, 4) is 0 Å². The number of piperazine rings is 1. The molecule has 1 fully saturated rings. The van der Waals surface area contributed by atoms with Crippen LogP contribution in [0.5, 0.6) is 0 Å². The van der Waals surface area contributed by atoms with Crippen LogP contribution in [-0.4, -0.2) is 49.6 Å². The molecule has 58 valence electrons. The second-order valence-electron chi connectivity index (χ2n) is 2.46. The van der Waals surface area contributed by atoms with E-state index in [9.17, 15) is 0 Å². The summed E-state index contributed by atoms with van der Waals surface area (Å²) in [5, 5.41) is 8.49. The van der Waals surface area contributed by atoms with E-state index in [4.69, 9.17) is 10.2 Å². The molecular weight excluding hydrogens is 130 g/mol. The average Bonchev–Trinajstić information content (AvgIpc) is 1.95. The summed E-state index contributed by atoms with van der Waals surface area (Å²) in [5.74, 6) is 0. The van der Waals surface area contributed by atoms with Gasteiger partial charge in [0.2, 0.25) is 0 Å². The highest BCUT2D eigenvalue weighted by Gasteiger charge is 2.12. The Morgan fingerprint density at radius 1 is 1.30 bits per heavy atom. The number of hydroxylamine groups is 2. The Hall–Kier alpha value is -0.610. The summed E-state index contributed by atoms with van der Waals surface area (Å²) in [4.78, 5) is 7.12. The van der Waals surface area contributed by atoms with Crippen LogP contribution in [0.25, 0.3) is 0 Å². The number of nitrogens with one attached hydrogen (secondary N) is 1. The van der Waals surface area contributed by atoms with Crippen LogP contribution in [-0.2, 0) is 4.84 Å². The van der Waals surface area contributed by atoms with Gasteiger partial charge in [-0.05, 0) is 7.05 Å². The summed E-state index contributed by atoms with van der Waals surface area (Å²) in [5.41, 5.74) is 0. The monoisotopic (exact) mass is 143 g/mol. The minimum Gasteiger partial charge on any atom is -0.394 e. The molecule has 0 radical (unpaired) electrons. The summed E-state index contributed by atoms with van der Waals surface area (Å²) < 4.78 is 0. The second-order valence-corrected chi connectivity index (χ2v) is 2.46. The largest absolute Gasteiger partial charge is 0.394 e. The van der Waals surface area contributed by atoms with E-state index in [-0.39, 0.29) is 0 Å². The molecule has 0 aromatic heterocycles. The molecule has 0 unspecified atom stereocenters. The highest BCUT2D eigenvalue weighted by Crippen LogP contribution is 1.97. The van der Waals surface area contributed by atoms with E-state index in [1.165, 1.54) is 0 Å². The van der Waals surface area contributed by atoms with Crippen molar-refractivity contribution >= 4 is 6.40 Å². The zero-order valence-corrected chi connectivity index (χ0v) is 6.21. The van der Waals surface area contributed by atoms with Gasteiger partial charge in [-0.2, -0.15) is 0 Å². The maximum Gasteiger partial charge on any atom is 0.193 e. The Labute approximate surface area is 60.8 Å². The van der Waals surface area contributed by atoms with E-state index in [1.54, 1.807) is 5.06 Å². The van der Waals surface area contributed by atoms with E-state index in [2.05, 4.69) is 11.9 Å². The molecule has 1 saturated heterocycles. The van der Waals surface area contributed by atoms with E-state index in [0.717, 1.165) is 32.6 Å². The quantitative estimate of drug-likeness (QED) is 0.429. The van der Waals surface area contributed by atoms with Gasteiger partial charge in [0, 0.05) is 26.2 Å². The van der Waals surface area contributed by atoms with Gasteiger partial charge >= 0.3 is 0 Å². The first-order chi connectivity index (χ1) is 4.83. The maximum atomic E-state index is 6.69. The van der Waals surface area contributed by atoms with E-state index >= 15 is 0 Å². The average molecular weight is 143 g/mol. The molecule has 4 heteroatoms. The first-order valence-electron chi connectivity index (χ1n) is 3.42. The second kappa shape index (κ2) is 3.53. The maximum absolute atomic E-state index is 6.69. The smallest absolute Gasteiger partial charge is 0.193 e. The predicted octanol–water partition coefficient (Wildman–Crippen LogP) is -0.228. The molecule has 10 heavy (non-hydrogen) atoms. The van der Waals surface area contributed by atoms with Gasteiger partial charge in [-0.3, -0.25) is 5.41 Å². The fraction of sp³-hybridized carbons (Fsp3) is 0.833. The molecule has 0 aromatic rings. The standard InChI is InChI=1S/C6H13N3O/c1-8-2-4-9(5-3-8)10-6-7/h6-7H,2-5H2,1H3. The minimum absolute atomic E-state index is 0.895. The van der Waals surface area contributed by atoms with Crippen molar-refractivity contribution in [1.29, 1.82) is 5.41 Å². The van der Waals surface area contributed by atoms with Gasteiger partial charge in [0.25, 0.3) is 0 Å². The SMILES string of the molecule is CN1CCN(OC=N)CC1. The van der Waals surface area contributed by atoms with Crippen molar-refractivity contribution in [2.75, 3.05) is 33.2 Å². The van der Waals surface area contributed by atoms with Crippen molar-refractivity contribution in [1.82, 2.24) is 9.96 Å². The van der Waals surface area contributed by atoms with Crippen LogP contribution >= 0.6 is 0 Å². The Bertz CT molecular complexity index is 110. The molecule has 1 heterocycles. The third kappa shape index (κ3) is 1.97. The highest BCUT2D eigenvalue weighted by atomic mass is 16.7. The predicted molar refractivity (Wildman–Crippen MR) is 38.9 cm³/mol. The Kier molecular flexibility index (Phi) is 2.65. The minimum atomic E-state index is 0.895. The van der Waals surface area contributed by atoms with Gasteiger partial charge in [-0.25, -0.2) is 0 Å². The fourth-order valence-corrected chi connectivity index (χ4v) is 0.968. The van der Waals surface area contributed by atoms with Gasteiger partial charge in [0.15, 0.2) is 6.40 Å². The zero-order valence-electron chi connectivity index (χ0n) is 6.21. The van der Waals surface area contributed by atoms with Gasteiger partial charge in [0.1, 0.15) is 0 Å². The molecule has 1 aliphatic heterocycles. The first kappa shape index (κ1) is 7.50. The molecule has 0 bridgehead atoms. The Morgan fingerprint density at radius 2 is 1.90 bits per heavy atom. The molecule has 0 aromatic carbocycles. The van der Waals surface area contributed by atoms with Crippen molar-refractivity contribution in [3.05, 3.63) is 0 Å². The third-order valence-electron chi connectivity index (χ3n) is 1.66. The summed E-state index contributed by atoms with van der Waals surface area (Å²) in [7, 11) is 2.09.